The molecule has 22 nitrogen and oxygen atoms in total. The lowest BCUT2D eigenvalue weighted by Crippen LogP contribution is -2.75. The van der Waals surface area contributed by atoms with Gasteiger partial charge in [0.2, 0.25) is 11.9 Å². The number of carboxylic acid groups (broad SMARTS) is 1. The molecule has 14 N–H and O–H groups in total. The van der Waals surface area contributed by atoms with E-state index in [1.807, 2.05) is 13.0 Å². The molecule has 0 saturated carbocycles. The van der Waals surface area contributed by atoms with Gasteiger partial charge >= 0.3 is 11.9 Å². The molecule has 2 aromatic heterocycles. The van der Waals surface area contributed by atoms with Crippen LogP contribution in [0.1, 0.15) is 42.5 Å². The Morgan fingerprint density at radius 3 is 2.48 bits per heavy atom. The van der Waals surface area contributed by atoms with Crippen LogP contribution in [0.25, 0.3) is 22.3 Å². The first-order valence-electron chi connectivity index (χ1n) is 22.7. The standard InChI is InChI=1S/C49H49N3O19/c1-20-5-10-51-43-26(20)13-23(19-52-43)27-16-24(15-25-4-2-9-50-25)49(69-32-18-31-34(36(57)33(27)32)28(54)17-30(67-31)22-12-21(6-11-53)35(56)29(55)14-22)42(63)39(60)41(62)48(71-49)8-3-7-47(45(64)65)40(61)37(58)38(59)44(70-47)68-46(48)66/h2,4,9,12-14,16-20,27,37-44,50-53,55-63H,5-6,8,10-11,15H2,1H3,(H,64,65)/t20-,27-,37+,38+,39-,40-,41-,42+,43?,44-,47-,48-,49-/m0/s1. The molecule has 10 rings (SSSR count). The number of fused-ring (bicyclic) bond motifs is 5. The Balaban J connectivity index is 1.22. The van der Waals surface area contributed by atoms with Crippen molar-refractivity contribution in [2.75, 3.05) is 13.2 Å². The number of phenolic OH excluding ortho intramolecular Hbond substituents is 3. The van der Waals surface area contributed by atoms with Crippen LogP contribution in [0.5, 0.6) is 23.0 Å². The number of dihydropyridines is 1. The molecule has 1 unspecified atom stereocenters. The third-order valence-electron chi connectivity index (χ3n) is 14.2. The first kappa shape index (κ1) is 47.9. The summed E-state index contributed by atoms with van der Waals surface area (Å²) in [5.74, 6) is -5.34. The van der Waals surface area contributed by atoms with E-state index < -0.39 is 113 Å². The minimum atomic E-state index is -3.02. The van der Waals surface area contributed by atoms with Crippen LogP contribution in [-0.4, -0.2) is 152 Å². The molecule has 13 atom stereocenters. The maximum absolute atomic E-state index is 14.8. The van der Waals surface area contributed by atoms with E-state index in [0.29, 0.717) is 17.8 Å². The first-order chi connectivity index (χ1) is 33.8. The molecule has 8 heterocycles. The minimum absolute atomic E-state index is 0.0560. The quantitative estimate of drug-likeness (QED) is 0.0467. The highest BCUT2D eigenvalue weighted by Crippen LogP contribution is 2.54. The molecule has 22 heteroatoms. The van der Waals surface area contributed by atoms with Crippen molar-refractivity contribution in [1.29, 1.82) is 0 Å². The summed E-state index contributed by atoms with van der Waals surface area (Å²) in [5, 5.41) is 129. The van der Waals surface area contributed by atoms with E-state index in [1.165, 1.54) is 18.2 Å². The lowest BCUT2D eigenvalue weighted by molar-refractivity contribution is -0.354. The Labute approximate surface area is 401 Å². The second-order valence-corrected chi connectivity index (χ2v) is 18.5. The number of hydrogen-bond donors (Lipinski definition) is 14. The van der Waals surface area contributed by atoms with Crippen molar-refractivity contribution in [3.05, 3.63) is 105 Å². The van der Waals surface area contributed by atoms with Gasteiger partial charge in [-0.1, -0.05) is 30.9 Å². The number of piperidine rings is 1. The molecule has 6 aliphatic heterocycles. The van der Waals surface area contributed by atoms with Gasteiger partial charge in [-0.25, -0.2) is 9.59 Å². The molecule has 2 spiro atoms. The number of allylic oxidation sites excluding steroid dienone is 3. The molecular formula is C49H49N3O19. The number of aliphatic carboxylic acids is 1. The number of hydrogen-bond acceptors (Lipinski definition) is 20. The molecule has 2 bridgehead atoms. The van der Waals surface area contributed by atoms with Crippen LogP contribution in [0.15, 0.2) is 86.9 Å². The predicted octanol–water partition coefficient (Wildman–Crippen LogP) is -0.785. The second kappa shape index (κ2) is 17.5. The van der Waals surface area contributed by atoms with Crippen molar-refractivity contribution in [2.45, 2.75) is 105 Å². The van der Waals surface area contributed by atoms with Crippen LogP contribution in [0.2, 0.25) is 0 Å². The number of H-pyrrole nitrogens is 1. The number of phenols is 3. The summed E-state index contributed by atoms with van der Waals surface area (Å²) < 4.78 is 30.6. The summed E-state index contributed by atoms with van der Waals surface area (Å²) >= 11 is 0. The summed E-state index contributed by atoms with van der Waals surface area (Å²) in [6.07, 6.45) is -10.9. The number of rotatable bonds is 7. The van der Waals surface area contributed by atoms with Gasteiger partial charge in [0.05, 0.1) is 12.6 Å². The van der Waals surface area contributed by atoms with E-state index in [4.69, 9.17) is 23.4 Å². The second-order valence-electron chi connectivity index (χ2n) is 18.5. The van der Waals surface area contributed by atoms with Crippen LogP contribution in [0.3, 0.4) is 0 Å². The summed E-state index contributed by atoms with van der Waals surface area (Å²) in [5.41, 5.74) is -5.30. The Morgan fingerprint density at radius 2 is 1.75 bits per heavy atom. The third kappa shape index (κ3) is 7.47. The van der Waals surface area contributed by atoms with Gasteiger partial charge in [0, 0.05) is 71.4 Å². The fourth-order valence-electron chi connectivity index (χ4n) is 10.3. The van der Waals surface area contributed by atoms with Crippen molar-refractivity contribution >= 4 is 22.9 Å². The maximum atomic E-state index is 14.8. The van der Waals surface area contributed by atoms with Crippen molar-refractivity contribution in [2.24, 2.45) is 5.92 Å². The van der Waals surface area contributed by atoms with Gasteiger partial charge in [0.25, 0.3) is 11.4 Å². The fourth-order valence-corrected chi connectivity index (χ4v) is 10.3. The number of nitrogens with one attached hydrogen (secondary N) is 3. The van der Waals surface area contributed by atoms with E-state index in [-0.39, 0.29) is 69.7 Å². The predicted molar refractivity (Wildman–Crippen MR) is 241 cm³/mol. The highest BCUT2D eigenvalue weighted by atomic mass is 16.8. The van der Waals surface area contributed by atoms with Crippen LogP contribution in [0, 0.1) is 17.8 Å². The lowest BCUT2D eigenvalue weighted by atomic mass is 9.77. The average Bonchev–Trinajstić information content (AvgIpc) is 3.83. The lowest BCUT2D eigenvalue weighted by Gasteiger charge is -2.53. The number of carbonyl (C=O) groups is 2. The van der Waals surface area contributed by atoms with Crippen LogP contribution in [-0.2, 0) is 36.6 Å². The zero-order valence-electron chi connectivity index (χ0n) is 37.5. The van der Waals surface area contributed by atoms with E-state index >= 15 is 0 Å². The van der Waals surface area contributed by atoms with Crippen LogP contribution in [0.4, 0.5) is 0 Å². The smallest absolute Gasteiger partial charge is 0.351 e. The van der Waals surface area contributed by atoms with E-state index in [1.54, 1.807) is 24.5 Å². The molecule has 6 aliphatic rings. The van der Waals surface area contributed by atoms with Crippen LogP contribution < -0.4 is 20.8 Å². The maximum Gasteiger partial charge on any atom is 0.351 e. The van der Waals surface area contributed by atoms with Gasteiger partial charge in [-0.3, -0.25) is 10.1 Å². The summed E-state index contributed by atoms with van der Waals surface area (Å²) in [6.45, 7) is 2.34. The van der Waals surface area contributed by atoms with Crippen molar-refractivity contribution in [1.82, 2.24) is 15.6 Å². The van der Waals surface area contributed by atoms with Crippen molar-refractivity contribution < 1.29 is 89.1 Å². The van der Waals surface area contributed by atoms with Crippen molar-refractivity contribution in [3.8, 4) is 46.2 Å². The number of ether oxygens (including phenoxy) is 4. The Kier molecular flexibility index (Phi) is 11.8. The topological polar surface area (TPSA) is 364 Å². The van der Waals surface area contributed by atoms with Gasteiger partial charge in [-0.15, -0.1) is 0 Å². The largest absolute Gasteiger partial charge is 0.507 e. The normalized spacial score (nSPS) is 34.3. The number of carboxylic acids is 1. The number of aromatic nitrogens is 1. The average molecular weight is 984 g/mol. The van der Waals surface area contributed by atoms with E-state index in [9.17, 15) is 70.6 Å². The summed E-state index contributed by atoms with van der Waals surface area (Å²) in [4.78, 5) is 44.8. The fraction of sp³-hybridized carbons (Fsp3) is 0.408. The number of aliphatic hydroxyl groups excluding tert-OH is 7. The third-order valence-corrected chi connectivity index (χ3v) is 14.2. The highest BCUT2D eigenvalue weighted by Gasteiger charge is 2.69. The Bertz CT molecular complexity index is 3060. The van der Waals surface area contributed by atoms with Crippen molar-refractivity contribution in [3.63, 3.8) is 0 Å². The molecule has 3 fully saturated rings. The number of aliphatic hydroxyl groups is 7. The number of benzene rings is 2. The van der Waals surface area contributed by atoms with Gasteiger partial charge < -0.3 is 89.8 Å². The number of carbonyl (C=O) groups excluding carboxylic acids is 1. The molecule has 0 amide bonds. The van der Waals surface area contributed by atoms with Gasteiger partial charge in [0.15, 0.2) is 23.0 Å². The minimum Gasteiger partial charge on any atom is -0.507 e. The molecular weight excluding hydrogens is 935 g/mol. The first-order valence-corrected chi connectivity index (χ1v) is 22.7. The van der Waals surface area contributed by atoms with E-state index in [2.05, 4.69) is 27.5 Å². The zero-order valence-corrected chi connectivity index (χ0v) is 37.5. The molecule has 0 aliphatic carbocycles. The Hall–Kier alpha value is -6.75. The summed E-state index contributed by atoms with van der Waals surface area (Å²) in [6, 6.07) is 8.04. The SMILES string of the molecule is C[C@H]1CCNC2NC=C([C@@H]3C=C(Cc4ccc[nH]4)[C@]4(Oc5cc6oc(-c7cc(O)c(O)c(CCO)c7)cc(=O)c6c(O)c53)O[C@@]3(CC#C[C@]5(C(=O)O)O[C@H](OC3=O)[C@H](O)[C@@H](O)[C@@H]5O)[C@@H](O)[C@H](O)[C@H]4O)C=C21. The molecule has 4 aromatic rings. The van der Waals surface area contributed by atoms with Crippen LogP contribution >= 0.6 is 0 Å². The van der Waals surface area contributed by atoms with E-state index in [0.717, 1.165) is 24.1 Å². The Morgan fingerprint density at radius 1 is 0.958 bits per heavy atom. The number of aromatic hydroxyl groups is 3. The molecule has 2 aromatic carbocycles. The number of esters is 1. The van der Waals surface area contributed by atoms with Gasteiger partial charge in [-0.2, -0.15) is 0 Å². The monoisotopic (exact) mass is 983 g/mol. The van der Waals surface area contributed by atoms with Gasteiger partial charge in [0.1, 0.15) is 58.7 Å². The molecule has 71 heavy (non-hydrogen) atoms. The highest BCUT2D eigenvalue weighted by molar-refractivity contribution is 5.90. The summed E-state index contributed by atoms with van der Waals surface area (Å²) in [7, 11) is 0. The van der Waals surface area contributed by atoms with Gasteiger partial charge in [-0.05, 0) is 60.7 Å². The zero-order chi connectivity index (χ0) is 50.5. The molecule has 3 saturated heterocycles. The number of aromatic amines is 1. The molecule has 0 radical (unpaired) electrons. The molecule has 374 valence electrons.